The Labute approximate surface area is 160 Å². The highest BCUT2D eigenvalue weighted by molar-refractivity contribution is 5.83. The molecular weight excluding hydrogens is 356 g/mol. The van der Waals surface area contributed by atoms with E-state index >= 15 is 0 Å². The van der Waals surface area contributed by atoms with Crippen molar-refractivity contribution in [3.8, 4) is 5.82 Å². The number of nitrogens with zero attached hydrogens (tertiary/aromatic N) is 4. The Bertz CT molecular complexity index is 1160. The molecule has 0 spiro atoms. The van der Waals surface area contributed by atoms with E-state index in [4.69, 9.17) is 0 Å². The molecule has 0 saturated carbocycles. The molecule has 0 aliphatic heterocycles. The van der Waals surface area contributed by atoms with E-state index in [9.17, 15) is 9.59 Å². The van der Waals surface area contributed by atoms with E-state index in [0.29, 0.717) is 18.8 Å². The summed E-state index contributed by atoms with van der Waals surface area (Å²) in [6.07, 6.45) is 6.00. The highest BCUT2D eigenvalue weighted by Gasteiger charge is 2.18. The molecule has 4 aromatic rings. The lowest BCUT2D eigenvalue weighted by Crippen LogP contribution is -2.38. The van der Waals surface area contributed by atoms with Gasteiger partial charge in [-0.05, 0) is 37.1 Å². The summed E-state index contributed by atoms with van der Waals surface area (Å²) in [5.74, 6) is 0.218. The summed E-state index contributed by atoms with van der Waals surface area (Å²) in [7, 11) is 0. The van der Waals surface area contributed by atoms with Crippen molar-refractivity contribution in [2.75, 3.05) is 6.54 Å². The quantitative estimate of drug-likeness (QED) is 0.536. The zero-order valence-electron chi connectivity index (χ0n) is 15.4. The number of nitrogens with one attached hydrogen (secondary N) is 2. The molecule has 28 heavy (non-hydrogen) atoms. The van der Waals surface area contributed by atoms with Crippen molar-refractivity contribution < 1.29 is 4.79 Å². The SMILES string of the molecule is CC(C(=O)NCCc1c[nH]c2ccccc12)n1nc(-n2cccn2)ccc1=O. The Kier molecular flexibility index (Phi) is 4.76. The minimum atomic E-state index is -0.731. The first-order valence-corrected chi connectivity index (χ1v) is 9.06. The molecular formula is C20H20N6O2. The van der Waals surface area contributed by atoms with Crippen LogP contribution in [0.3, 0.4) is 0 Å². The maximum absolute atomic E-state index is 12.5. The number of rotatable bonds is 6. The van der Waals surface area contributed by atoms with Crippen molar-refractivity contribution >= 4 is 16.8 Å². The maximum Gasteiger partial charge on any atom is 0.267 e. The van der Waals surface area contributed by atoms with Crippen LogP contribution in [0.15, 0.2) is 65.8 Å². The monoisotopic (exact) mass is 376 g/mol. The third-order valence-electron chi connectivity index (χ3n) is 4.66. The van der Waals surface area contributed by atoms with Crippen LogP contribution in [0.5, 0.6) is 0 Å². The maximum atomic E-state index is 12.5. The third kappa shape index (κ3) is 3.44. The lowest BCUT2D eigenvalue weighted by atomic mass is 10.1. The summed E-state index contributed by atoms with van der Waals surface area (Å²) in [5, 5.41) is 12.4. The minimum absolute atomic E-state index is 0.257. The van der Waals surface area contributed by atoms with Gasteiger partial charge in [-0.15, -0.1) is 5.10 Å². The molecule has 0 aliphatic rings. The Hall–Kier alpha value is -3.68. The number of carbonyl (C=O) groups excluding carboxylic acids is 1. The fourth-order valence-electron chi connectivity index (χ4n) is 3.14. The van der Waals surface area contributed by atoms with Crippen LogP contribution in [0.25, 0.3) is 16.7 Å². The van der Waals surface area contributed by atoms with Gasteiger partial charge >= 0.3 is 0 Å². The predicted octanol–water partition coefficient (Wildman–Crippen LogP) is 1.83. The summed E-state index contributed by atoms with van der Waals surface area (Å²) in [5.41, 5.74) is 1.87. The average molecular weight is 376 g/mol. The number of para-hydroxylation sites is 1. The van der Waals surface area contributed by atoms with Crippen LogP contribution in [0, 0.1) is 0 Å². The van der Waals surface area contributed by atoms with Crippen molar-refractivity contribution in [3.05, 3.63) is 77.0 Å². The lowest BCUT2D eigenvalue weighted by Gasteiger charge is -2.14. The van der Waals surface area contributed by atoms with E-state index in [1.807, 2.05) is 24.4 Å². The Morgan fingerprint density at radius 2 is 2.07 bits per heavy atom. The number of H-pyrrole nitrogens is 1. The lowest BCUT2D eigenvalue weighted by molar-refractivity contribution is -0.124. The second-order valence-corrected chi connectivity index (χ2v) is 6.50. The van der Waals surface area contributed by atoms with Crippen LogP contribution in [-0.2, 0) is 11.2 Å². The second-order valence-electron chi connectivity index (χ2n) is 6.50. The summed E-state index contributed by atoms with van der Waals surface area (Å²) in [4.78, 5) is 28.0. The highest BCUT2D eigenvalue weighted by atomic mass is 16.2. The number of benzene rings is 1. The molecule has 1 atom stereocenters. The molecule has 3 heterocycles. The molecule has 0 aliphatic carbocycles. The van der Waals surface area contributed by atoms with Gasteiger partial charge in [0.05, 0.1) is 0 Å². The van der Waals surface area contributed by atoms with Crippen molar-refractivity contribution in [1.29, 1.82) is 0 Å². The number of carbonyl (C=O) groups is 1. The summed E-state index contributed by atoms with van der Waals surface area (Å²) < 4.78 is 2.72. The van der Waals surface area contributed by atoms with Crippen LogP contribution < -0.4 is 10.9 Å². The fourth-order valence-corrected chi connectivity index (χ4v) is 3.14. The van der Waals surface area contributed by atoms with Crippen molar-refractivity contribution in [3.63, 3.8) is 0 Å². The first-order valence-electron chi connectivity index (χ1n) is 9.06. The fraction of sp³-hybridized carbons (Fsp3) is 0.200. The van der Waals surface area contributed by atoms with Crippen LogP contribution in [0.2, 0.25) is 0 Å². The van der Waals surface area contributed by atoms with Gasteiger partial charge in [-0.25, -0.2) is 9.36 Å². The molecule has 1 amide bonds. The molecule has 2 N–H and O–H groups in total. The first-order chi connectivity index (χ1) is 13.6. The van der Waals surface area contributed by atoms with Crippen LogP contribution in [0.1, 0.15) is 18.5 Å². The average Bonchev–Trinajstić information content (AvgIpc) is 3.38. The Morgan fingerprint density at radius 1 is 1.21 bits per heavy atom. The largest absolute Gasteiger partial charge is 0.361 e. The molecule has 0 radical (unpaired) electrons. The zero-order valence-corrected chi connectivity index (χ0v) is 15.4. The van der Waals surface area contributed by atoms with Crippen molar-refractivity contribution in [2.24, 2.45) is 0 Å². The van der Waals surface area contributed by atoms with Gasteiger partial charge in [0.1, 0.15) is 6.04 Å². The van der Waals surface area contributed by atoms with Crippen LogP contribution in [-0.4, -0.2) is 37.0 Å². The predicted molar refractivity (Wildman–Crippen MR) is 105 cm³/mol. The Morgan fingerprint density at radius 3 is 2.89 bits per heavy atom. The van der Waals surface area contributed by atoms with E-state index in [1.54, 1.807) is 31.5 Å². The van der Waals surface area contributed by atoms with Gasteiger partial charge in [0.15, 0.2) is 5.82 Å². The van der Waals surface area contributed by atoms with Crippen molar-refractivity contribution in [1.82, 2.24) is 29.9 Å². The number of aromatic amines is 1. The standard InChI is InChI=1S/C20H20N6O2/c1-14(26-19(27)8-7-18(24-26)25-12-4-10-23-25)20(28)21-11-9-15-13-22-17-6-3-2-5-16(15)17/h2-8,10,12-14,22H,9,11H2,1H3,(H,21,28). The van der Waals surface area contributed by atoms with Gasteiger partial charge in [0.25, 0.3) is 5.56 Å². The number of aromatic nitrogens is 5. The molecule has 3 aromatic heterocycles. The minimum Gasteiger partial charge on any atom is -0.361 e. The normalized spacial score (nSPS) is 12.2. The number of fused-ring (bicyclic) bond motifs is 1. The van der Waals surface area contributed by atoms with Crippen molar-refractivity contribution in [2.45, 2.75) is 19.4 Å². The Balaban J connectivity index is 1.43. The van der Waals surface area contributed by atoms with Gasteiger partial charge in [-0.2, -0.15) is 5.10 Å². The molecule has 8 nitrogen and oxygen atoms in total. The van der Waals surface area contributed by atoms with Crippen LogP contribution in [0.4, 0.5) is 0 Å². The summed E-state index contributed by atoms with van der Waals surface area (Å²) in [6.45, 7) is 2.13. The smallest absolute Gasteiger partial charge is 0.267 e. The van der Waals surface area contributed by atoms with E-state index in [-0.39, 0.29) is 11.5 Å². The molecule has 0 saturated heterocycles. The third-order valence-corrected chi connectivity index (χ3v) is 4.66. The van der Waals surface area contributed by atoms with Gasteiger partial charge in [-0.3, -0.25) is 9.59 Å². The topological polar surface area (TPSA) is 97.6 Å². The number of hydrogen-bond donors (Lipinski definition) is 2. The first kappa shape index (κ1) is 17.7. The zero-order chi connectivity index (χ0) is 19.5. The number of hydrogen-bond acceptors (Lipinski definition) is 4. The molecule has 1 aromatic carbocycles. The number of amides is 1. The molecule has 0 bridgehead atoms. The van der Waals surface area contributed by atoms with Gasteiger partial charge < -0.3 is 10.3 Å². The van der Waals surface area contributed by atoms with E-state index in [0.717, 1.165) is 16.5 Å². The van der Waals surface area contributed by atoms with Gasteiger partial charge in [-0.1, -0.05) is 18.2 Å². The molecule has 4 rings (SSSR count). The molecule has 0 fully saturated rings. The van der Waals surface area contributed by atoms with Gasteiger partial charge in [0.2, 0.25) is 5.91 Å². The molecule has 1 unspecified atom stereocenters. The van der Waals surface area contributed by atoms with E-state index in [1.165, 1.54) is 15.4 Å². The van der Waals surface area contributed by atoms with E-state index < -0.39 is 6.04 Å². The molecule has 8 heteroatoms. The second kappa shape index (κ2) is 7.51. The summed E-state index contributed by atoms with van der Waals surface area (Å²) in [6, 6.07) is 12.0. The highest BCUT2D eigenvalue weighted by Crippen LogP contribution is 2.17. The summed E-state index contributed by atoms with van der Waals surface area (Å²) >= 11 is 0. The van der Waals surface area contributed by atoms with E-state index in [2.05, 4.69) is 26.6 Å². The van der Waals surface area contributed by atoms with Gasteiger partial charge in [0, 0.05) is 42.1 Å². The molecule has 142 valence electrons. The van der Waals surface area contributed by atoms with Crippen LogP contribution >= 0.6 is 0 Å².